The Bertz CT molecular complexity index is 505. The minimum Gasteiger partial charge on any atom is -0.394 e. The van der Waals surface area contributed by atoms with Gasteiger partial charge in [0.1, 0.15) is 24.4 Å². The Hall–Kier alpha value is -0.980. The van der Waals surface area contributed by atoms with E-state index in [-0.39, 0.29) is 6.10 Å². The topological polar surface area (TPSA) is 90.2 Å². The molecule has 1 heterocycles. The Labute approximate surface area is 150 Å². The molecule has 25 heavy (non-hydrogen) atoms. The zero-order valence-electron chi connectivity index (χ0n) is 15.0. The molecule has 4 N–H and O–H groups in total. The van der Waals surface area contributed by atoms with Gasteiger partial charge in [0.05, 0.1) is 6.61 Å². The highest BCUT2D eigenvalue weighted by molar-refractivity contribution is 5.39. The lowest BCUT2D eigenvalue weighted by atomic mass is 9.88. The normalized spacial score (nSPS) is 27.6. The number of hydrogen-bond acceptors (Lipinski definition) is 5. The molecule has 1 saturated heterocycles. The third-order valence-corrected chi connectivity index (χ3v) is 4.86. The van der Waals surface area contributed by atoms with E-state index in [4.69, 9.17) is 4.74 Å². The quantitative estimate of drug-likeness (QED) is 0.511. The lowest BCUT2D eigenvalue weighted by Crippen LogP contribution is -2.55. The maximum Gasteiger partial charge on any atom is 0.158 e. The van der Waals surface area contributed by atoms with E-state index in [1.165, 1.54) is 25.7 Å². The minimum atomic E-state index is -1.37. The van der Waals surface area contributed by atoms with Crippen molar-refractivity contribution in [2.24, 2.45) is 0 Å². The van der Waals surface area contributed by atoms with Crippen molar-refractivity contribution in [1.29, 1.82) is 0 Å². The van der Waals surface area contributed by atoms with Gasteiger partial charge in [-0.3, -0.25) is 0 Å². The summed E-state index contributed by atoms with van der Waals surface area (Å²) in [6, 6.07) is 7.65. The highest BCUT2D eigenvalue weighted by Gasteiger charge is 2.45. The van der Waals surface area contributed by atoms with Crippen LogP contribution in [0.5, 0.6) is 0 Å². The molecule has 1 radical (unpaired) electrons. The molecule has 1 aromatic carbocycles. The number of rotatable bonds is 9. The van der Waals surface area contributed by atoms with Gasteiger partial charge in [-0.2, -0.15) is 0 Å². The third kappa shape index (κ3) is 5.25. The van der Waals surface area contributed by atoms with E-state index in [9.17, 15) is 20.4 Å². The van der Waals surface area contributed by atoms with E-state index in [0.29, 0.717) is 0 Å². The van der Waals surface area contributed by atoms with Crippen LogP contribution in [-0.4, -0.2) is 51.4 Å². The van der Waals surface area contributed by atoms with E-state index < -0.39 is 31.0 Å². The summed E-state index contributed by atoms with van der Waals surface area (Å²) >= 11 is 0. The molecule has 0 bridgehead atoms. The molecule has 1 aliphatic rings. The van der Waals surface area contributed by atoms with E-state index in [1.807, 2.05) is 24.3 Å². The predicted molar refractivity (Wildman–Crippen MR) is 95.8 cm³/mol. The predicted octanol–water partition coefficient (Wildman–Crippen LogP) is 1.94. The Morgan fingerprint density at radius 2 is 1.60 bits per heavy atom. The van der Waals surface area contributed by atoms with Crippen molar-refractivity contribution >= 4 is 0 Å². The number of unbranched alkanes of at least 4 members (excludes halogenated alkanes) is 5. The smallest absolute Gasteiger partial charge is 0.158 e. The van der Waals surface area contributed by atoms with Gasteiger partial charge in [-0.15, -0.1) is 0 Å². The second-order valence-corrected chi connectivity index (χ2v) is 6.80. The number of benzene rings is 1. The Kier molecular flexibility index (Phi) is 8.33. The molecular weight excluding hydrogens is 320 g/mol. The van der Waals surface area contributed by atoms with Crippen LogP contribution in [-0.2, 0) is 11.2 Å². The van der Waals surface area contributed by atoms with Crippen molar-refractivity contribution in [2.45, 2.75) is 76.3 Å². The monoisotopic (exact) mass is 351 g/mol. The van der Waals surface area contributed by atoms with E-state index in [0.717, 1.165) is 30.4 Å². The second-order valence-electron chi connectivity index (χ2n) is 6.80. The summed E-state index contributed by atoms with van der Waals surface area (Å²) in [5.74, 6) is 0. The van der Waals surface area contributed by atoms with Crippen LogP contribution in [0, 0.1) is 6.10 Å². The summed E-state index contributed by atoms with van der Waals surface area (Å²) < 4.78 is 5.62. The van der Waals surface area contributed by atoms with Gasteiger partial charge >= 0.3 is 0 Å². The fourth-order valence-electron chi connectivity index (χ4n) is 3.31. The highest BCUT2D eigenvalue weighted by Crippen LogP contribution is 2.33. The van der Waals surface area contributed by atoms with Gasteiger partial charge in [0, 0.05) is 0 Å². The molecule has 0 amide bonds. The summed E-state index contributed by atoms with van der Waals surface area (Å²) in [5, 5.41) is 39.6. The van der Waals surface area contributed by atoms with Crippen molar-refractivity contribution in [2.75, 3.05) is 6.61 Å². The standard InChI is InChI=1S/C20H31O5/c1-2-3-4-5-6-7-10-14-11-8-9-12-15(14)20-19(24)18(23)17(22)16(13-21)25-20/h8-9,11-12,16-19,21-24H,2-7,10,13H2,1H3/t16-,17-,18+,19+/m1/s1. The van der Waals surface area contributed by atoms with Gasteiger partial charge in [0.2, 0.25) is 0 Å². The van der Waals surface area contributed by atoms with Crippen LogP contribution < -0.4 is 0 Å². The Morgan fingerprint density at radius 1 is 0.920 bits per heavy atom. The molecule has 141 valence electrons. The maximum absolute atomic E-state index is 10.3. The Morgan fingerprint density at radius 3 is 2.32 bits per heavy atom. The molecule has 0 unspecified atom stereocenters. The average Bonchev–Trinajstić information content (AvgIpc) is 2.63. The van der Waals surface area contributed by atoms with Crippen LogP contribution in [0.4, 0.5) is 0 Å². The zero-order valence-corrected chi connectivity index (χ0v) is 15.0. The van der Waals surface area contributed by atoms with Crippen LogP contribution >= 0.6 is 0 Å². The van der Waals surface area contributed by atoms with Gasteiger partial charge in [-0.25, -0.2) is 0 Å². The molecule has 1 aromatic rings. The van der Waals surface area contributed by atoms with Crippen LogP contribution in [0.2, 0.25) is 0 Å². The second kappa shape index (κ2) is 10.2. The molecule has 2 rings (SSSR count). The number of aryl methyl sites for hydroxylation is 1. The summed E-state index contributed by atoms with van der Waals surface area (Å²) in [6.45, 7) is 1.78. The van der Waals surface area contributed by atoms with Crippen LogP contribution in [0.1, 0.15) is 56.6 Å². The maximum atomic E-state index is 10.3. The van der Waals surface area contributed by atoms with Crippen LogP contribution in [0.25, 0.3) is 0 Å². The summed E-state index contributed by atoms with van der Waals surface area (Å²) in [5.41, 5.74) is 1.79. The first kappa shape index (κ1) is 20.3. The van der Waals surface area contributed by atoms with Gasteiger partial charge in [0.15, 0.2) is 6.10 Å². The van der Waals surface area contributed by atoms with Crippen LogP contribution in [0.3, 0.4) is 0 Å². The van der Waals surface area contributed by atoms with Crippen LogP contribution in [0.15, 0.2) is 24.3 Å². The first-order chi connectivity index (χ1) is 12.1. The summed E-state index contributed by atoms with van der Waals surface area (Å²) in [7, 11) is 0. The van der Waals surface area contributed by atoms with Crippen molar-refractivity contribution in [3.05, 3.63) is 41.5 Å². The highest BCUT2D eigenvalue weighted by atomic mass is 16.5. The largest absolute Gasteiger partial charge is 0.394 e. The molecule has 1 aliphatic heterocycles. The average molecular weight is 351 g/mol. The lowest BCUT2D eigenvalue weighted by Gasteiger charge is -2.40. The molecule has 5 heteroatoms. The van der Waals surface area contributed by atoms with Crippen molar-refractivity contribution in [1.82, 2.24) is 0 Å². The first-order valence-electron chi connectivity index (χ1n) is 9.37. The number of hydrogen-bond donors (Lipinski definition) is 4. The number of aliphatic hydroxyl groups excluding tert-OH is 4. The SMILES string of the molecule is CCCCCCCCc1ccccc1[C]1O[C@H](CO)[C@@H](O)[C@H](O)[C@@H]1O. The fourth-order valence-corrected chi connectivity index (χ4v) is 3.31. The van der Waals surface area contributed by atoms with Crippen molar-refractivity contribution in [3.63, 3.8) is 0 Å². The van der Waals surface area contributed by atoms with Crippen molar-refractivity contribution in [3.8, 4) is 0 Å². The summed E-state index contributed by atoms with van der Waals surface area (Å²) in [4.78, 5) is 0. The molecular formula is C20H31O5. The minimum absolute atomic E-state index is 0.235. The lowest BCUT2D eigenvalue weighted by molar-refractivity contribution is -0.184. The first-order valence-corrected chi connectivity index (χ1v) is 9.37. The number of ether oxygens (including phenoxy) is 1. The molecule has 5 nitrogen and oxygen atoms in total. The third-order valence-electron chi connectivity index (χ3n) is 4.86. The molecule has 0 aliphatic carbocycles. The fraction of sp³-hybridized carbons (Fsp3) is 0.650. The van der Waals surface area contributed by atoms with E-state index >= 15 is 0 Å². The zero-order chi connectivity index (χ0) is 18.2. The number of aliphatic hydroxyl groups is 4. The van der Waals surface area contributed by atoms with Gasteiger partial charge in [-0.05, 0) is 24.0 Å². The summed E-state index contributed by atoms with van der Waals surface area (Å²) in [6.07, 6.45) is 3.39. The van der Waals surface area contributed by atoms with E-state index in [1.54, 1.807) is 0 Å². The van der Waals surface area contributed by atoms with E-state index in [2.05, 4.69) is 6.92 Å². The Balaban J connectivity index is 2.03. The molecule has 0 aromatic heterocycles. The molecule has 0 spiro atoms. The molecule has 1 fully saturated rings. The van der Waals surface area contributed by atoms with Crippen molar-refractivity contribution < 1.29 is 25.2 Å². The molecule has 4 atom stereocenters. The van der Waals surface area contributed by atoms with Gasteiger partial charge in [0.25, 0.3) is 0 Å². The van der Waals surface area contributed by atoms with Gasteiger partial charge < -0.3 is 25.2 Å². The molecule has 0 saturated carbocycles. The van der Waals surface area contributed by atoms with Gasteiger partial charge in [-0.1, -0.05) is 63.3 Å².